The first kappa shape index (κ1) is 18.1. The third kappa shape index (κ3) is 4.45. The number of hydrogen-bond acceptors (Lipinski definition) is 4. The molecule has 0 saturated heterocycles. The third-order valence-corrected chi connectivity index (χ3v) is 3.71. The van der Waals surface area contributed by atoms with Crippen LogP contribution in [0, 0.1) is 5.82 Å². The van der Waals surface area contributed by atoms with E-state index in [1.807, 2.05) is 11.9 Å². The minimum atomic E-state index is -4.38. The van der Waals surface area contributed by atoms with Gasteiger partial charge in [-0.2, -0.15) is 18.2 Å². The van der Waals surface area contributed by atoms with Gasteiger partial charge in [0.1, 0.15) is 5.82 Å². The van der Waals surface area contributed by atoms with Crippen molar-refractivity contribution in [3.05, 3.63) is 71.4 Å². The average Bonchev–Trinajstić information content (AvgIpc) is 3.04. The predicted molar refractivity (Wildman–Crippen MR) is 86.3 cm³/mol. The molecule has 136 valence electrons. The zero-order valence-electron chi connectivity index (χ0n) is 13.8. The van der Waals surface area contributed by atoms with Crippen LogP contribution in [0.1, 0.15) is 17.0 Å². The van der Waals surface area contributed by atoms with E-state index in [-0.39, 0.29) is 11.6 Å². The largest absolute Gasteiger partial charge is 0.416 e. The second-order valence-electron chi connectivity index (χ2n) is 5.89. The van der Waals surface area contributed by atoms with Gasteiger partial charge in [-0.15, -0.1) is 0 Å². The van der Waals surface area contributed by atoms with Crippen molar-refractivity contribution in [2.75, 3.05) is 7.05 Å². The molecule has 0 radical (unpaired) electrons. The zero-order valence-corrected chi connectivity index (χ0v) is 13.8. The molecule has 4 nitrogen and oxygen atoms in total. The molecule has 0 amide bonds. The highest BCUT2D eigenvalue weighted by Gasteiger charge is 2.30. The Hall–Kier alpha value is -2.74. The Morgan fingerprint density at radius 3 is 2.23 bits per heavy atom. The Kier molecular flexibility index (Phi) is 5.03. The van der Waals surface area contributed by atoms with Gasteiger partial charge in [0.25, 0.3) is 0 Å². The average molecular weight is 365 g/mol. The van der Waals surface area contributed by atoms with Crippen LogP contribution in [0.4, 0.5) is 17.6 Å². The van der Waals surface area contributed by atoms with Gasteiger partial charge in [0.15, 0.2) is 0 Å². The lowest BCUT2D eigenvalue weighted by atomic mass is 10.1. The quantitative estimate of drug-likeness (QED) is 0.623. The highest BCUT2D eigenvalue weighted by atomic mass is 19.4. The van der Waals surface area contributed by atoms with Crippen molar-refractivity contribution in [1.29, 1.82) is 0 Å². The van der Waals surface area contributed by atoms with Crippen LogP contribution in [0.15, 0.2) is 53.1 Å². The van der Waals surface area contributed by atoms with E-state index in [9.17, 15) is 17.6 Å². The van der Waals surface area contributed by atoms with Crippen LogP contribution in [-0.2, 0) is 19.3 Å². The highest BCUT2D eigenvalue weighted by Crippen LogP contribution is 2.30. The number of rotatable bonds is 5. The van der Waals surface area contributed by atoms with Crippen molar-refractivity contribution in [3.8, 4) is 11.4 Å². The molecule has 0 fully saturated rings. The molecule has 0 bridgehead atoms. The molecule has 0 saturated carbocycles. The van der Waals surface area contributed by atoms with Gasteiger partial charge in [0.05, 0.1) is 12.1 Å². The molecule has 0 aliphatic carbocycles. The lowest BCUT2D eigenvalue weighted by Crippen LogP contribution is -2.17. The maximum Gasteiger partial charge on any atom is 0.416 e. The molecule has 0 aliphatic heterocycles. The summed E-state index contributed by atoms with van der Waals surface area (Å²) < 4.78 is 55.9. The first-order chi connectivity index (χ1) is 12.3. The smallest absolute Gasteiger partial charge is 0.338 e. The van der Waals surface area contributed by atoms with Crippen molar-refractivity contribution in [3.63, 3.8) is 0 Å². The van der Waals surface area contributed by atoms with Gasteiger partial charge in [-0.3, -0.25) is 4.90 Å². The maximum atomic E-state index is 12.9. The monoisotopic (exact) mass is 365 g/mol. The Labute approximate surface area is 147 Å². The Balaban J connectivity index is 1.65. The number of halogens is 4. The molecule has 3 rings (SSSR count). The van der Waals surface area contributed by atoms with Gasteiger partial charge in [-0.25, -0.2) is 4.39 Å². The van der Waals surface area contributed by atoms with Gasteiger partial charge in [-0.1, -0.05) is 29.4 Å². The van der Waals surface area contributed by atoms with Crippen LogP contribution >= 0.6 is 0 Å². The summed E-state index contributed by atoms with van der Waals surface area (Å²) in [6, 6.07) is 10.7. The fraction of sp³-hybridized carbons (Fsp3) is 0.222. The topological polar surface area (TPSA) is 42.2 Å². The highest BCUT2D eigenvalue weighted by molar-refractivity contribution is 5.54. The summed E-state index contributed by atoms with van der Waals surface area (Å²) >= 11 is 0. The van der Waals surface area contributed by atoms with Crippen molar-refractivity contribution < 1.29 is 22.1 Å². The van der Waals surface area contributed by atoms with E-state index in [2.05, 4.69) is 10.1 Å². The second-order valence-corrected chi connectivity index (χ2v) is 5.89. The van der Waals surface area contributed by atoms with E-state index in [4.69, 9.17) is 4.52 Å². The summed E-state index contributed by atoms with van der Waals surface area (Å²) in [6.45, 7) is 0.906. The second kappa shape index (κ2) is 7.25. The minimum Gasteiger partial charge on any atom is -0.338 e. The normalized spacial score (nSPS) is 11.9. The Bertz CT molecular complexity index is 857. The van der Waals surface area contributed by atoms with Crippen molar-refractivity contribution >= 4 is 0 Å². The van der Waals surface area contributed by atoms with E-state index in [0.29, 0.717) is 24.5 Å². The molecule has 3 aromatic rings. The van der Waals surface area contributed by atoms with Crippen LogP contribution in [0.2, 0.25) is 0 Å². The van der Waals surface area contributed by atoms with Crippen molar-refractivity contribution in [2.24, 2.45) is 0 Å². The number of hydrogen-bond donors (Lipinski definition) is 0. The molecule has 26 heavy (non-hydrogen) atoms. The van der Waals surface area contributed by atoms with Gasteiger partial charge < -0.3 is 4.52 Å². The van der Waals surface area contributed by atoms with Crippen molar-refractivity contribution in [2.45, 2.75) is 19.3 Å². The summed E-state index contributed by atoms with van der Waals surface area (Å²) in [5.74, 6) is 0.267. The van der Waals surface area contributed by atoms with Crippen LogP contribution < -0.4 is 0 Å². The number of alkyl halides is 3. The lowest BCUT2D eigenvalue weighted by Gasteiger charge is -2.13. The molecule has 2 aromatic carbocycles. The summed E-state index contributed by atoms with van der Waals surface area (Å²) in [5.41, 5.74) is 0.634. The van der Waals surface area contributed by atoms with E-state index in [0.717, 1.165) is 17.7 Å². The van der Waals surface area contributed by atoms with E-state index in [1.165, 1.54) is 24.3 Å². The fourth-order valence-electron chi connectivity index (χ4n) is 2.43. The molecule has 0 spiro atoms. The standard InChI is InChI=1S/C18H15F4N3O/c1-25(10-12-2-8-15(19)9-3-12)11-16-23-17(24-26-16)13-4-6-14(7-5-13)18(20,21)22/h2-9H,10-11H2,1H3. The van der Waals surface area contributed by atoms with Gasteiger partial charge in [0.2, 0.25) is 11.7 Å². The summed E-state index contributed by atoms with van der Waals surface area (Å²) in [6.07, 6.45) is -4.38. The molecule has 1 aromatic heterocycles. The first-order valence-corrected chi connectivity index (χ1v) is 7.74. The predicted octanol–water partition coefficient (Wildman–Crippen LogP) is 4.53. The SMILES string of the molecule is CN(Cc1ccc(F)cc1)Cc1nc(-c2ccc(C(F)(F)F)cc2)no1. The lowest BCUT2D eigenvalue weighted by molar-refractivity contribution is -0.137. The number of benzene rings is 2. The van der Waals surface area contributed by atoms with Crippen molar-refractivity contribution in [1.82, 2.24) is 15.0 Å². The van der Waals surface area contributed by atoms with Gasteiger partial charge in [-0.05, 0) is 36.9 Å². The molecule has 0 aliphatic rings. The molecule has 0 atom stereocenters. The van der Waals surface area contributed by atoms with E-state index >= 15 is 0 Å². The fourth-order valence-corrected chi connectivity index (χ4v) is 2.43. The summed E-state index contributed by atoms with van der Waals surface area (Å²) in [4.78, 5) is 6.11. The van der Waals surface area contributed by atoms with E-state index in [1.54, 1.807) is 12.1 Å². The number of nitrogens with zero attached hydrogens (tertiary/aromatic N) is 3. The van der Waals surface area contributed by atoms with Gasteiger partial charge >= 0.3 is 6.18 Å². The third-order valence-electron chi connectivity index (χ3n) is 3.71. The summed E-state index contributed by atoms with van der Waals surface area (Å²) in [5, 5.41) is 3.81. The van der Waals surface area contributed by atoms with Crippen LogP contribution in [0.3, 0.4) is 0 Å². The van der Waals surface area contributed by atoms with E-state index < -0.39 is 11.7 Å². The van der Waals surface area contributed by atoms with Crippen LogP contribution in [0.5, 0.6) is 0 Å². The Morgan fingerprint density at radius 1 is 0.962 bits per heavy atom. The maximum absolute atomic E-state index is 12.9. The first-order valence-electron chi connectivity index (χ1n) is 7.74. The van der Waals surface area contributed by atoms with Crippen LogP contribution in [-0.4, -0.2) is 22.1 Å². The molecule has 1 heterocycles. The molecule has 0 unspecified atom stereocenters. The Morgan fingerprint density at radius 2 is 1.62 bits per heavy atom. The zero-order chi connectivity index (χ0) is 18.7. The van der Waals surface area contributed by atoms with Crippen LogP contribution in [0.25, 0.3) is 11.4 Å². The van der Waals surface area contributed by atoms with Gasteiger partial charge in [0, 0.05) is 12.1 Å². The number of aromatic nitrogens is 2. The minimum absolute atomic E-state index is 0.226. The molecular weight excluding hydrogens is 350 g/mol. The molecular formula is C18H15F4N3O. The molecule has 8 heteroatoms. The molecule has 0 N–H and O–H groups in total. The summed E-state index contributed by atoms with van der Waals surface area (Å²) in [7, 11) is 1.84.